The lowest BCUT2D eigenvalue weighted by molar-refractivity contribution is 0.102. The molecule has 1 aromatic heterocycles. The second kappa shape index (κ2) is 10.2. The topological polar surface area (TPSA) is 73.3 Å². The van der Waals surface area contributed by atoms with Crippen molar-refractivity contribution in [3.63, 3.8) is 0 Å². The zero-order chi connectivity index (χ0) is 20.6. The molecule has 0 aliphatic carbocycles. The van der Waals surface area contributed by atoms with Crippen LogP contribution in [0.15, 0.2) is 42.5 Å². The van der Waals surface area contributed by atoms with Gasteiger partial charge in [-0.3, -0.25) is 10.1 Å². The fraction of sp³-hybridized carbons (Fsp3) is 0.286. The third kappa shape index (κ3) is 5.68. The molecule has 2 aromatic carbocycles. The minimum Gasteiger partial charge on any atom is -0.490 e. The van der Waals surface area contributed by atoms with Crippen molar-refractivity contribution in [2.45, 2.75) is 26.7 Å². The van der Waals surface area contributed by atoms with Crippen LogP contribution in [0.4, 0.5) is 5.13 Å². The van der Waals surface area contributed by atoms with Gasteiger partial charge < -0.3 is 9.47 Å². The smallest absolute Gasteiger partial charge is 0.257 e. The summed E-state index contributed by atoms with van der Waals surface area (Å²) in [5.74, 6) is 0.561. The average Bonchev–Trinajstić information content (AvgIpc) is 3.15. The Balaban J connectivity index is 1.73. The van der Waals surface area contributed by atoms with Crippen LogP contribution in [0, 0.1) is 0 Å². The average molecular weight is 432 g/mol. The molecule has 0 radical (unpaired) electrons. The number of hydrogen-bond donors (Lipinski definition) is 1. The van der Waals surface area contributed by atoms with Crippen molar-refractivity contribution >= 4 is 34.0 Å². The van der Waals surface area contributed by atoms with Gasteiger partial charge in [0.1, 0.15) is 5.01 Å². The third-order valence-electron chi connectivity index (χ3n) is 3.91. The lowest BCUT2D eigenvalue weighted by Crippen LogP contribution is -2.12. The van der Waals surface area contributed by atoms with E-state index in [-0.39, 0.29) is 5.91 Å². The minimum absolute atomic E-state index is 0.330. The monoisotopic (exact) mass is 431 g/mol. The van der Waals surface area contributed by atoms with Gasteiger partial charge in [-0.15, -0.1) is 10.2 Å². The first-order chi connectivity index (χ1) is 14.1. The van der Waals surface area contributed by atoms with Crippen LogP contribution in [0.25, 0.3) is 0 Å². The van der Waals surface area contributed by atoms with E-state index >= 15 is 0 Å². The highest BCUT2D eigenvalue weighted by molar-refractivity contribution is 7.15. The van der Waals surface area contributed by atoms with E-state index in [0.29, 0.717) is 46.9 Å². The molecule has 0 aliphatic heterocycles. The third-order valence-corrected chi connectivity index (χ3v) is 5.03. The summed E-state index contributed by atoms with van der Waals surface area (Å²) < 4.78 is 11.3. The molecule has 1 heterocycles. The standard InChI is InChI=1S/C21H22ClN3O3S/c1-3-10-28-19-16(22)12-15(13-17(19)27-4-2)20(26)23-21-25-24-18(29-21)11-14-8-6-5-7-9-14/h5-9,12-13H,3-4,10-11H2,1-2H3,(H,23,25,26). The predicted molar refractivity (Wildman–Crippen MR) is 116 cm³/mol. The van der Waals surface area contributed by atoms with Gasteiger partial charge in [0.2, 0.25) is 5.13 Å². The summed E-state index contributed by atoms with van der Waals surface area (Å²) in [6, 6.07) is 13.2. The van der Waals surface area contributed by atoms with Gasteiger partial charge >= 0.3 is 0 Å². The Morgan fingerprint density at radius 3 is 2.66 bits per heavy atom. The maximum absolute atomic E-state index is 12.7. The van der Waals surface area contributed by atoms with Crippen molar-refractivity contribution in [1.29, 1.82) is 0 Å². The molecule has 3 aromatic rings. The fourth-order valence-corrected chi connectivity index (χ4v) is 3.66. The first-order valence-corrected chi connectivity index (χ1v) is 10.6. The minimum atomic E-state index is -0.336. The van der Waals surface area contributed by atoms with Crippen LogP contribution in [0.2, 0.25) is 5.02 Å². The molecule has 0 saturated heterocycles. The Morgan fingerprint density at radius 2 is 1.93 bits per heavy atom. The molecule has 0 saturated carbocycles. The number of ether oxygens (including phenoxy) is 2. The van der Waals surface area contributed by atoms with Crippen LogP contribution >= 0.6 is 22.9 Å². The number of amides is 1. The van der Waals surface area contributed by atoms with E-state index in [2.05, 4.69) is 15.5 Å². The molecule has 152 valence electrons. The second-order valence-corrected chi connectivity index (χ2v) is 7.65. The normalized spacial score (nSPS) is 10.6. The van der Waals surface area contributed by atoms with Crippen LogP contribution in [-0.4, -0.2) is 29.3 Å². The number of halogens is 1. The van der Waals surface area contributed by atoms with E-state index < -0.39 is 0 Å². The van der Waals surface area contributed by atoms with Crippen molar-refractivity contribution < 1.29 is 14.3 Å². The lowest BCUT2D eigenvalue weighted by atomic mass is 10.2. The molecule has 6 nitrogen and oxygen atoms in total. The van der Waals surface area contributed by atoms with Crippen molar-refractivity contribution in [3.8, 4) is 11.5 Å². The number of carbonyl (C=O) groups excluding carboxylic acids is 1. The highest BCUT2D eigenvalue weighted by Gasteiger charge is 2.17. The van der Waals surface area contributed by atoms with Crippen molar-refractivity contribution in [3.05, 3.63) is 63.6 Å². The van der Waals surface area contributed by atoms with Crippen LogP contribution in [0.1, 0.15) is 41.2 Å². The fourth-order valence-electron chi connectivity index (χ4n) is 2.62. The molecule has 0 spiro atoms. The molecule has 1 amide bonds. The Hall–Kier alpha value is -2.64. The maximum Gasteiger partial charge on any atom is 0.257 e. The molecular weight excluding hydrogens is 410 g/mol. The van der Waals surface area contributed by atoms with E-state index in [9.17, 15) is 4.79 Å². The Labute approximate surface area is 178 Å². The number of benzene rings is 2. The molecule has 0 aliphatic rings. The first-order valence-electron chi connectivity index (χ1n) is 9.37. The largest absolute Gasteiger partial charge is 0.490 e. The van der Waals surface area contributed by atoms with Crippen molar-refractivity contribution in [2.75, 3.05) is 18.5 Å². The Morgan fingerprint density at radius 1 is 1.14 bits per heavy atom. The summed E-state index contributed by atoms with van der Waals surface area (Å²) in [6.45, 7) is 4.81. The van der Waals surface area contributed by atoms with Crippen LogP contribution in [0.5, 0.6) is 11.5 Å². The number of carbonyl (C=O) groups is 1. The van der Waals surface area contributed by atoms with Gasteiger partial charge in [0.05, 0.1) is 18.2 Å². The summed E-state index contributed by atoms with van der Waals surface area (Å²) in [7, 11) is 0. The molecular formula is C21H22ClN3O3S. The number of anilines is 1. The van der Waals surface area contributed by atoms with Gasteiger partial charge in [-0.2, -0.15) is 0 Å². The van der Waals surface area contributed by atoms with Crippen LogP contribution < -0.4 is 14.8 Å². The summed E-state index contributed by atoms with van der Waals surface area (Å²) in [5, 5.41) is 12.6. The van der Waals surface area contributed by atoms with E-state index in [1.807, 2.05) is 44.2 Å². The van der Waals surface area contributed by atoms with E-state index in [1.54, 1.807) is 12.1 Å². The van der Waals surface area contributed by atoms with Gasteiger partial charge in [0.25, 0.3) is 5.91 Å². The predicted octanol–water partition coefficient (Wildman–Crippen LogP) is 5.22. The number of nitrogens with one attached hydrogen (secondary N) is 1. The number of nitrogens with zero attached hydrogens (tertiary/aromatic N) is 2. The second-order valence-electron chi connectivity index (χ2n) is 6.18. The van der Waals surface area contributed by atoms with Crippen LogP contribution in [0.3, 0.4) is 0 Å². The maximum atomic E-state index is 12.7. The molecule has 0 fully saturated rings. The zero-order valence-electron chi connectivity index (χ0n) is 16.3. The van der Waals surface area contributed by atoms with E-state index in [0.717, 1.165) is 17.0 Å². The lowest BCUT2D eigenvalue weighted by Gasteiger charge is -2.14. The van der Waals surface area contributed by atoms with E-state index in [1.165, 1.54) is 11.3 Å². The van der Waals surface area contributed by atoms with Gasteiger partial charge in [-0.25, -0.2) is 0 Å². The number of aromatic nitrogens is 2. The van der Waals surface area contributed by atoms with E-state index in [4.69, 9.17) is 21.1 Å². The summed E-state index contributed by atoms with van der Waals surface area (Å²) in [4.78, 5) is 12.7. The Kier molecular flexibility index (Phi) is 7.43. The molecule has 8 heteroatoms. The first kappa shape index (κ1) is 21.1. The SMILES string of the molecule is CCCOc1c(Cl)cc(C(=O)Nc2nnc(Cc3ccccc3)s2)cc1OCC. The van der Waals surface area contributed by atoms with Crippen molar-refractivity contribution in [2.24, 2.45) is 0 Å². The van der Waals surface area contributed by atoms with Crippen molar-refractivity contribution in [1.82, 2.24) is 10.2 Å². The van der Waals surface area contributed by atoms with Gasteiger partial charge in [-0.05, 0) is 31.0 Å². The molecule has 29 heavy (non-hydrogen) atoms. The molecule has 0 bridgehead atoms. The summed E-state index contributed by atoms with van der Waals surface area (Å²) in [5.41, 5.74) is 1.50. The number of rotatable bonds is 9. The van der Waals surface area contributed by atoms with Gasteiger partial charge in [-0.1, -0.05) is 60.2 Å². The van der Waals surface area contributed by atoms with Gasteiger partial charge in [0, 0.05) is 12.0 Å². The van der Waals surface area contributed by atoms with Gasteiger partial charge in [0.15, 0.2) is 11.5 Å². The van der Waals surface area contributed by atoms with Crippen LogP contribution in [-0.2, 0) is 6.42 Å². The summed E-state index contributed by atoms with van der Waals surface area (Å²) in [6.07, 6.45) is 1.50. The molecule has 0 unspecified atom stereocenters. The quantitative estimate of drug-likeness (QED) is 0.502. The number of hydrogen-bond acceptors (Lipinski definition) is 6. The molecule has 0 atom stereocenters. The molecule has 3 rings (SSSR count). The highest BCUT2D eigenvalue weighted by Crippen LogP contribution is 2.37. The Bertz CT molecular complexity index is 963. The highest BCUT2D eigenvalue weighted by atomic mass is 35.5. The molecule has 1 N–H and O–H groups in total. The summed E-state index contributed by atoms with van der Waals surface area (Å²) >= 11 is 7.68. The zero-order valence-corrected chi connectivity index (χ0v) is 17.8.